The normalized spacial score (nSPS) is 19.6. The summed E-state index contributed by atoms with van der Waals surface area (Å²) in [5.74, 6) is -3.15. The van der Waals surface area contributed by atoms with Gasteiger partial charge < -0.3 is 50.8 Å². The summed E-state index contributed by atoms with van der Waals surface area (Å²) in [6.07, 6.45) is 11.3. The Morgan fingerprint density at radius 1 is 0.297 bits per heavy atom. The second kappa shape index (κ2) is 26.1. The van der Waals surface area contributed by atoms with Crippen LogP contribution in [0.1, 0.15) is 116 Å². The molecule has 101 heavy (non-hydrogen) atoms. The van der Waals surface area contributed by atoms with E-state index >= 15 is 19.2 Å². The third-order valence-corrected chi connectivity index (χ3v) is 20.4. The molecule has 9 aromatic rings. The molecule has 4 saturated heterocycles. The van der Waals surface area contributed by atoms with Gasteiger partial charge in [0.25, 0.3) is 23.6 Å². The van der Waals surface area contributed by atoms with E-state index in [1.54, 1.807) is 92.4 Å². The fourth-order valence-corrected chi connectivity index (χ4v) is 15.6. The molecule has 17 heterocycles. The summed E-state index contributed by atoms with van der Waals surface area (Å²) in [6, 6.07) is 46.3. The van der Waals surface area contributed by atoms with Crippen LogP contribution >= 0.6 is 0 Å². The number of benzene rings is 6. The minimum atomic E-state index is -0.873. The van der Waals surface area contributed by atoms with Crippen LogP contribution in [-0.4, -0.2) is 127 Å². The number of para-hydroxylation sites is 4. The average molecular weight is 1380 g/mol. The number of hydrogen-bond donors (Lipinski definition) is 4. The summed E-state index contributed by atoms with van der Waals surface area (Å²) in [7, 11) is 0. The number of carbonyl (C=O) groups excluding carboxylic acids is 8. The first-order valence-electron chi connectivity index (χ1n) is 34.0. The predicted molar refractivity (Wildman–Crippen MR) is 382 cm³/mol. The third kappa shape index (κ3) is 11.4. The molecule has 3 aromatic heterocycles. The van der Waals surface area contributed by atoms with E-state index in [2.05, 4.69) is 21.3 Å². The van der Waals surface area contributed by atoms with E-state index in [1.165, 1.54) is 0 Å². The Hall–Kier alpha value is -11.8. The van der Waals surface area contributed by atoms with E-state index in [0.29, 0.717) is 212 Å². The first kappa shape index (κ1) is 63.9. The summed E-state index contributed by atoms with van der Waals surface area (Å²) in [4.78, 5) is 147. The molecular weight excluding hydrogens is 1310 g/mol. The van der Waals surface area contributed by atoms with Gasteiger partial charge in [0, 0.05) is 93.4 Å². The Labute approximate surface area is 590 Å². The summed E-state index contributed by atoms with van der Waals surface area (Å²) in [5, 5.41) is 13.0. The first-order chi connectivity index (χ1) is 48.9. The molecule has 4 atom stereocenters. The van der Waals surface area contributed by atoms with Crippen molar-refractivity contribution in [2.75, 3.05) is 47.4 Å². The fourth-order valence-electron chi connectivity index (χ4n) is 15.6. The number of rotatable bonds is 0. The van der Waals surface area contributed by atoms with E-state index < -0.39 is 47.8 Å². The molecule has 6 aromatic carbocycles. The minimum Gasteiger partial charge on any atom is -0.657 e. The summed E-state index contributed by atoms with van der Waals surface area (Å²) >= 11 is 0. The van der Waals surface area contributed by atoms with Crippen molar-refractivity contribution in [1.29, 1.82) is 0 Å². The molecule has 0 aliphatic carbocycles. The Morgan fingerprint density at radius 2 is 0.515 bits per heavy atom. The zero-order valence-electron chi connectivity index (χ0n) is 54.5. The maximum absolute atomic E-state index is 15.1. The molecule has 0 saturated carbocycles. The van der Waals surface area contributed by atoms with Gasteiger partial charge in [-0.25, -0.2) is 9.97 Å². The smallest absolute Gasteiger partial charge is 0.657 e. The number of amides is 8. The van der Waals surface area contributed by atoms with Crippen molar-refractivity contribution in [3.05, 3.63) is 215 Å². The molecule has 500 valence electrons. The molecule has 14 aliphatic rings. The maximum atomic E-state index is 15.1. The Kier molecular flexibility index (Phi) is 16.5. The number of aromatic nitrogens is 4. The molecule has 0 spiro atoms. The van der Waals surface area contributed by atoms with Crippen molar-refractivity contribution in [2.45, 2.75) is 75.5 Å². The standard InChI is InChI=1S/C80H66N12O8.Fe/c93-73-65-21-9-41-89(65)77(97)45-25-27-46(28-26-45)78(98)92-44-12-24-68(92)76(96)88-56-20-8-4-16-52(56)72-63-39-37-61(83-63)70-50-14-2-6-18-54(50)86-74(94)66-22-10-42-90(66)79(99)47-29-31-48(32-30-47)80(100)91-43-11-23-67(91)75(95)87-55-19-7-3-15-51(55)71(62-38-40-64(72)84-62)60-36-34-58(82-60)69(57-33-35-59(70)81-57)49-13-1-5-17-53(49)85-73;/h1-8,13-20,25-40,65-68H,9-12,21-24,41-44H2,(H6,81,82,83,84,85,86,87,88,93,94,95,96,97,98,99,100);/q;+2/p-2/t65-,66-,67-,68-;/m0./s1. The molecule has 0 radical (unpaired) electrons. The van der Waals surface area contributed by atoms with E-state index in [9.17, 15) is 19.2 Å². The van der Waals surface area contributed by atoms with Gasteiger partial charge in [0.05, 0.1) is 22.8 Å². The number of nitrogens with zero attached hydrogens (tertiary/aromatic N) is 8. The zero-order chi connectivity index (χ0) is 67.9. The van der Waals surface area contributed by atoms with Crippen LogP contribution in [-0.2, 0) is 36.2 Å². The van der Waals surface area contributed by atoms with Gasteiger partial charge in [-0.2, -0.15) is 0 Å². The molecule has 4 fully saturated rings. The summed E-state index contributed by atoms with van der Waals surface area (Å²) in [5.41, 5.74) is 10.6. The second-order valence-electron chi connectivity index (χ2n) is 26.3. The van der Waals surface area contributed by atoms with E-state index in [4.69, 9.17) is 19.9 Å². The van der Waals surface area contributed by atoms with Gasteiger partial charge in [-0.15, -0.1) is 22.1 Å². The fraction of sp³-hybridized carbons (Fsp3) is 0.200. The molecule has 21 heteroatoms. The SMILES string of the molecule is O=C1Nc2ccccc2-c2c3nc(c4c5ccc([n-]5)c(c5nc(c(c6ccc2[n-]6)-c2ccccc2NC(=O)[C@@H]2CCCN2C(=O)c2ccc(cc2)C(=O)N2CCC[C@H]2C(=O)Nc2ccccc2-4)C=C5)-c2ccccc2NC(=O)[C@@H]2CCCN2C(=O)c2ccc(cc2)C(=O)N2CCC[C@@H]12)C=C3.[Fe+2]. The zero-order valence-corrected chi connectivity index (χ0v) is 55.6. The van der Waals surface area contributed by atoms with Crippen molar-refractivity contribution in [3.8, 4) is 44.5 Å². The van der Waals surface area contributed by atoms with Crippen molar-refractivity contribution in [3.63, 3.8) is 0 Å². The quantitative estimate of drug-likeness (QED) is 0.103. The van der Waals surface area contributed by atoms with Crippen LogP contribution < -0.4 is 31.2 Å². The van der Waals surface area contributed by atoms with Gasteiger partial charge in [-0.3, -0.25) is 38.4 Å². The average Bonchev–Trinajstić information content (AvgIpc) is 1.63. The van der Waals surface area contributed by atoms with Crippen molar-refractivity contribution in [2.24, 2.45) is 0 Å². The molecule has 23 rings (SSSR count). The van der Waals surface area contributed by atoms with E-state index in [0.717, 1.165) is 0 Å². The van der Waals surface area contributed by atoms with E-state index in [1.807, 2.05) is 121 Å². The van der Waals surface area contributed by atoms with E-state index in [-0.39, 0.29) is 40.7 Å². The van der Waals surface area contributed by atoms with Crippen LogP contribution in [0.4, 0.5) is 22.7 Å². The maximum Gasteiger partial charge on any atom is 2.00 e. The van der Waals surface area contributed by atoms with Crippen LogP contribution in [0.2, 0.25) is 0 Å². The van der Waals surface area contributed by atoms with Crippen LogP contribution in [0.5, 0.6) is 0 Å². The van der Waals surface area contributed by atoms with Gasteiger partial charge in [0.2, 0.25) is 23.6 Å². The van der Waals surface area contributed by atoms with Gasteiger partial charge in [0.15, 0.2) is 0 Å². The Balaban J connectivity index is 0.00000792. The topological polar surface area (TPSA) is 252 Å². The molecule has 8 amide bonds. The third-order valence-electron chi connectivity index (χ3n) is 20.4. The van der Waals surface area contributed by atoms with Crippen molar-refractivity contribution < 1.29 is 55.4 Å². The van der Waals surface area contributed by atoms with Gasteiger partial charge in [0.1, 0.15) is 24.2 Å². The second-order valence-corrected chi connectivity index (χ2v) is 26.3. The minimum absolute atomic E-state index is 0. The van der Waals surface area contributed by atoms with Gasteiger partial charge in [-0.05, 0) is 171 Å². The molecule has 20 nitrogen and oxygen atoms in total. The summed E-state index contributed by atoms with van der Waals surface area (Å²) in [6.45, 7) is 1.25. The van der Waals surface area contributed by atoms with Crippen LogP contribution in [0.25, 0.3) is 90.9 Å². The van der Waals surface area contributed by atoms with Gasteiger partial charge >= 0.3 is 17.1 Å². The summed E-state index contributed by atoms with van der Waals surface area (Å²) < 4.78 is 0. The Bertz CT molecular complexity index is 4620. The number of hydrogen-bond acceptors (Lipinski definition) is 10. The number of anilines is 4. The molecule has 0 unspecified atom stereocenters. The van der Waals surface area contributed by atoms with Crippen molar-refractivity contribution >= 4 is 116 Å². The molecular formula is C80H64FeN12O8. The largest absolute Gasteiger partial charge is 2.00 e. The van der Waals surface area contributed by atoms with Crippen molar-refractivity contribution in [1.82, 2.24) is 39.5 Å². The predicted octanol–water partition coefficient (Wildman–Crippen LogP) is 12.2. The number of nitrogens with one attached hydrogen (secondary N) is 4. The first-order valence-corrected chi connectivity index (χ1v) is 34.0. The monoisotopic (exact) mass is 1380 g/mol. The molecule has 16 bridgehead atoms. The van der Waals surface area contributed by atoms with Crippen LogP contribution in [0.3, 0.4) is 0 Å². The molecule has 14 aliphatic heterocycles. The van der Waals surface area contributed by atoms with Gasteiger partial charge in [-0.1, -0.05) is 97.1 Å². The number of carbonyl (C=O) groups is 8. The molecule has 4 N–H and O–H groups in total. The van der Waals surface area contributed by atoms with Crippen LogP contribution in [0.15, 0.2) is 170 Å². The Morgan fingerprint density at radius 3 is 0.743 bits per heavy atom. The van der Waals surface area contributed by atoms with Crippen LogP contribution in [0, 0.1) is 0 Å².